The second-order valence-corrected chi connectivity index (χ2v) is 2.84. The van der Waals surface area contributed by atoms with Crippen LogP contribution in [0, 0.1) is 0 Å². The second-order valence-electron chi connectivity index (χ2n) is 2.84. The first-order valence-corrected chi connectivity index (χ1v) is 4.87. The molecule has 0 aromatic carbocycles. The highest BCUT2D eigenvalue weighted by molar-refractivity contribution is 5.80. The molecule has 16 heavy (non-hydrogen) atoms. The SMILES string of the molecule is C=C/C(=C\C=C\NC(=C)N)NC(N)=NCC. The second kappa shape index (κ2) is 8.16. The maximum absolute atomic E-state index is 5.59. The van der Waals surface area contributed by atoms with Gasteiger partial charge in [0.2, 0.25) is 0 Å². The summed E-state index contributed by atoms with van der Waals surface area (Å²) in [4.78, 5) is 3.99. The Bertz CT molecular complexity index is 325. The molecule has 0 aromatic rings. The van der Waals surface area contributed by atoms with Gasteiger partial charge in [-0.2, -0.15) is 0 Å². The van der Waals surface area contributed by atoms with Crippen molar-refractivity contribution in [2.24, 2.45) is 16.5 Å². The summed E-state index contributed by atoms with van der Waals surface area (Å²) in [6.45, 7) is 9.67. The van der Waals surface area contributed by atoms with Crippen LogP contribution in [-0.4, -0.2) is 12.5 Å². The summed E-state index contributed by atoms with van der Waals surface area (Å²) in [5, 5.41) is 5.63. The third-order valence-corrected chi connectivity index (χ3v) is 1.46. The molecule has 0 aliphatic rings. The van der Waals surface area contributed by atoms with Gasteiger partial charge in [0.15, 0.2) is 5.96 Å². The third kappa shape index (κ3) is 7.25. The standard InChI is InChI=1S/C11H19N5/c1-4-10(16-11(13)14-5-2)7-6-8-15-9(3)12/h4,6-8,15H,1,3,5,12H2,2H3,(H3,13,14,16)/b8-6+,10-7+. The van der Waals surface area contributed by atoms with Crippen molar-refractivity contribution in [3.8, 4) is 0 Å². The number of nitrogens with two attached hydrogens (primary N) is 2. The molecule has 5 heteroatoms. The van der Waals surface area contributed by atoms with E-state index in [0.717, 1.165) is 5.70 Å². The molecule has 0 aliphatic heterocycles. The molecule has 0 radical (unpaired) electrons. The molecule has 0 unspecified atom stereocenters. The van der Waals surface area contributed by atoms with Crippen LogP contribution in [0.3, 0.4) is 0 Å². The fourth-order valence-electron chi connectivity index (χ4n) is 0.825. The molecule has 5 nitrogen and oxygen atoms in total. The molecule has 0 aromatic heterocycles. The Morgan fingerprint density at radius 2 is 2.12 bits per heavy atom. The van der Waals surface area contributed by atoms with Crippen LogP contribution in [0.1, 0.15) is 6.92 Å². The molecule has 0 bridgehead atoms. The molecule has 0 rings (SSSR count). The van der Waals surface area contributed by atoms with Gasteiger partial charge in [0.25, 0.3) is 0 Å². The number of hydrogen-bond acceptors (Lipinski definition) is 3. The van der Waals surface area contributed by atoms with Gasteiger partial charge >= 0.3 is 0 Å². The number of rotatable bonds is 6. The van der Waals surface area contributed by atoms with Crippen molar-refractivity contribution in [2.45, 2.75) is 6.92 Å². The zero-order valence-corrected chi connectivity index (χ0v) is 9.53. The highest BCUT2D eigenvalue weighted by Crippen LogP contribution is 1.90. The molecule has 6 N–H and O–H groups in total. The maximum Gasteiger partial charge on any atom is 0.193 e. The normalized spacial score (nSPS) is 12.6. The first kappa shape index (κ1) is 13.8. The van der Waals surface area contributed by atoms with E-state index in [4.69, 9.17) is 11.5 Å². The zero-order valence-electron chi connectivity index (χ0n) is 9.53. The van der Waals surface area contributed by atoms with Crippen molar-refractivity contribution in [3.63, 3.8) is 0 Å². The van der Waals surface area contributed by atoms with Crippen molar-refractivity contribution >= 4 is 5.96 Å². The average molecular weight is 221 g/mol. The predicted octanol–water partition coefficient (Wildman–Crippen LogP) is 0.514. The lowest BCUT2D eigenvalue weighted by Gasteiger charge is -2.04. The monoisotopic (exact) mass is 221 g/mol. The number of guanidine groups is 1. The summed E-state index contributed by atoms with van der Waals surface area (Å²) >= 11 is 0. The van der Waals surface area contributed by atoms with E-state index in [0.29, 0.717) is 18.3 Å². The first-order valence-electron chi connectivity index (χ1n) is 4.87. The Morgan fingerprint density at radius 1 is 1.44 bits per heavy atom. The Hall–Kier alpha value is -2.17. The molecule has 0 saturated carbocycles. The lowest BCUT2D eigenvalue weighted by molar-refractivity contribution is 1.03. The van der Waals surface area contributed by atoms with E-state index in [1.165, 1.54) is 0 Å². The fraction of sp³-hybridized carbons (Fsp3) is 0.182. The van der Waals surface area contributed by atoms with Crippen molar-refractivity contribution in [1.82, 2.24) is 10.6 Å². The summed E-state index contributed by atoms with van der Waals surface area (Å²) in [6, 6.07) is 0. The van der Waals surface area contributed by atoms with Crippen molar-refractivity contribution in [2.75, 3.05) is 6.54 Å². The van der Waals surface area contributed by atoms with E-state index < -0.39 is 0 Å². The molecule has 0 heterocycles. The molecule has 0 aliphatic carbocycles. The van der Waals surface area contributed by atoms with Crippen LogP contribution in [0.2, 0.25) is 0 Å². The fourth-order valence-corrected chi connectivity index (χ4v) is 0.825. The van der Waals surface area contributed by atoms with Gasteiger partial charge in [-0.05, 0) is 25.2 Å². The summed E-state index contributed by atoms with van der Waals surface area (Å²) in [5.74, 6) is 0.739. The number of nitrogens with one attached hydrogen (secondary N) is 2. The zero-order chi connectivity index (χ0) is 12.4. The lowest BCUT2D eigenvalue weighted by Crippen LogP contribution is -2.30. The number of allylic oxidation sites excluding steroid dienone is 3. The minimum Gasteiger partial charge on any atom is -0.386 e. The smallest absolute Gasteiger partial charge is 0.193 e. The molecule has 0 atom stereocenters. The van der Waals surface area contributed by atoms with E-state index in [2.05, 4.69) is 28.8 Å². The summed E-state index contributed by atoms with van der Waals surface area (Å²) in [6.07, 6.45) is 6.82. The minimum atomic E-state index is 0.359. The van der Waals surface area contributed by atoms with Gasteiger partial charge in [-0.15, -0.1) is 0 Å². The summed E-state index contributed by atoms with van der Waals surface area (Å²) < 4.78 is 0. The average Bonchev–Trinajstić information content (AvgIpc) is 2.22. The first-order chi connectivity index (χ1) is 7.60. The van der Waals surface area contributed by atoms with E-state index in [-0.39, 0.29) is 0 Å². The van der Waals surface area contributed by atoms with Gasteiger partial charge in [0.1, 0.15) is 0 Å². The van der Waals surface area contributed by atoms with Crippen molar-refractivity contribution in [3.05, 3.63) is 49.1 Å². The van der Waals surface area contributed by atoms with Crippen LogP contribution in [0.4, 0.5) is 0 Å². The molecule has 0 spiro atoms. The van der Waals surface area contributed by atoms with E-state index in [9.17, 15) is 0 Å². The van der Waals surface area contributed by atoms with Crippen LogP contribution >= 0.6 is 0 Å². The molecule has 0 amide bonds. The number of aliphatic imine (C=N–C) groups is 1. The molecule has 0 fully saturated rings. The van der Waals surface area contributed by atoms with Crippen LogP contribution in [-0.2, 0) is 0 Å². The van der Waals surface area contributed by atoms with Gasteiger partial charge in [-0.1, -0.05) is 13.2 Å². The Labute approximate surface area is 96.3 Å². The Morgan fingerprint density at radius 3 is 2.62 bits per heavy atom. The molecule has 0 saturated heterocycles. The molecular formula is C11H19N5. The summed E-state index contributed by atoms with van der Waals surface area (Å²) in [5.41, 5.74) is 11.6. The van der Waals surface area contributed by atoms with E-state index >= 15 is 0 Å². The van der Waals surface area contributed by atoms with Gasteiger partial charge in [0.05, 0.1) is 5.82 Å². The van der Waals surface area contributed by atoms with Crippen molar-refractivity contribution < 1.29 is 0 Å². The van der Waals surface area contributed by atoms with Crippen LogP contribution in [0.15, 0.2) is 54.1 Å². The van der Waals surface area contributed by atoms with Gasteiger partial charge in [-0.25, -0.2) is 0 Å². The predicted molar refractivity (Wildman–Crippen MR) is 69.2 cm³/mol. The van der Waals surface area contributed by atoms with E-state index in [1.807, 2.05) is 6.92 Å². The number of nitrogens with zero attached hydrogens (tertiary/aromatic N) is 1. The highest BCUT2D eigenvalue weighted by atomic mass is 15.1. The third-order valence-electron chi connectivity index (χ3n) is 1.46. The Balaban J connectivity index is 4.32. The van der Waals surface area contributed by atoms with Crippen molar-refractivity contribution in [1.29, 1.82) is 0 Å². The quantitative estimate of drug-likeness (QED) is 0.299. The van der Waals surface area contributed by atoms with Crippen LogP contribution in [0.5, 0.6) is 0 Å². The topological polar surface area (TPSA) is 88.5 Å². The minimum absolute atomic E-state index is 0.359. The summed E-state index contributed by atoms with van der Waals surface area (Å²) in [7, 11) is 0. The van der Waals surface area contributed by atoms with Gasteiger partial charge in [0, 0.05) is 18.4 Å². The maximum atomic E-state index is 5.59. The largest absolute Gasteiger partial charge is 0.386 e. The van der Waals surface area contributed by atoms with Crippen LogP contribution < -0.4 is 22.1 Å². The Kier molecular flexibility index (Phi) is 7.06. The number of hydrogen-bond donors (Lipinski definition) is 4. The highest BCUT2D eigenvalue weighted by Gasteiger charge is 1.91. The van der Waals surface area contributed by atoms with Gasteiger partial charge < -0.3 is 22.1 Å². The van der Waals surface area contributed by atoms with Crippen LogP contribution in [0.25, 0.3) is 0 Å². The molecule has 88 valence electrons. The molecular weight excluding hydrogens is 202 g/mol. The lowest BCUT2D eigenvalue weighted by atomic mass is 10.4. The van der Waals surface area contributed by atoms with Gasteiger partial charge in [-0.3, -0.25) is 4.99 Å². The van der Waals surface area contributed by atoms with E-state index in [1.54, 1.807) is 24.4 Å².